The van der Waals surface area contributed by atoms with Crippen LogP contribution in [0.2, 0.25) is 0 Å². The van der Waals surface area contributed by atoms with Crippen LogP contribution in [0.1, 0.15) is 17.0 Å². The molecule has 1 saturated heterocycles. The molecule has 0 amide bonds. The summed E-state index contributed by atoms with van der Waals surface area (Å²) in [5.41, 5.74) is 0.806. The van der Waals surface area contributed by atoms with Gasteiger partial charge in [0, 0.05) is 37.0 Å². The average molecular weight is 404 g/mol. The number of aromatic nitrogens is 5. The van der Waals surface area contributed by atoms with Gasteiger partial charge in [-0.2, -0.15) is 18.3 Å². The van der Waals surface area contributed by atoms with Crippen molar-refractivity contribution in [3.63, 3.8) is 0 Å². The van der Waals surface area contributed by atoms with E-state index in [0.717, 1.165) is 23.7 Å². The van der Waals surface area contributed by atoms with Crippen molar-refractivity contribution in [3.05, 3.63) is 63.8 Å². The first-order valence-electron chi connectivity index (χ1n) is 9.11. The lowest BCUT2D eigenvalue weighted by atomic mass is 10.0. The number of nitrogens with zero attached hydrogens (tertiary/aromatic N) is 6. The van der Waals surface area contributed by atoms with E-state index in [9.17, 15) is 18.0 Å². The molecule has 10 heteroatoms. The largest absolute Gasteiger partial charge is 0.417 e. The lowest BCUT2D eigenvalue weighted by molar-refractivity contribution is -0.137. The zero-order chi connectivity index (χ0) is 20.8. The van der Waals surface area contributed by atoms with Crippen LogP contribution in [-0.2, 0) is 12.7 Å². The SMILES string of the molecule is Cc1cc(C)n(-c2ccc(=O)n(CC3CN(c4ccc(C(F)(F)F)cn4)C3)n2)n1. The van der Waals surface area contributed by atoms with E-state index in [2.05, 4.69) is 15.2 Å². The molecule has 29 heavy (non-hydrogen) atoms. The van der Waals surface area contributed by atoms with Gasteiger partial charge >= 0.3 is 6.18 Å². The highest BCUT2D eigenvalue weighted by Crippen LogP contribution is 2.30. The molecule has 7 nitrogen and oxygen atoms in total. The molecule has 1 fully saturated rings. The van der Waals surface area contributed by atoms with Gasteiger partial charge in [-0.3, -0.25) is 4.79 Å². The standard InChI is InChI=1S/C19H19F3N6O/c1-12-7-13(2)28(24-12)17-5-6-18(29)27(25-17)11-14-9-26(10-14)16-4-3-15(8-23-16)19(20,21)22/h3-8,14H,9-11H2,1-2H3. The van der Waals surface area contributed by atoms with E-state index in [4.69, 9.17) is 0 Å². The molecule has 0 radical (unpaired) electrons. The summed E-state index contributed by atoms with van der Waals surface area (Å²) in [4.78, 5) is 18.0. The van der Waals surface area contributed by atoms with Crippen LogP contribution in [0.15, 0.2) is 41.3 Å². The average Bonchev–Trinajstić information content (AvgIpc) is 2.97. The number of halogens is 3. The first-order valence-corrected chi connectivity index (χ1v) is 9.11. The number of rotatable bonds is 4. The number of anilines is 1. The Labute approximate surface area is 164 Å². The van der Waals surface area contributed by atoms with E-state index in [1.165, 1.54) is 16.8 Å². The first-order chi connectivity index (χ1) is 13.7. The minimum Gasteiger partial charge on any atom is -0.356 e. The first kappa shape index (κ1) is 19.2. The molecule has 0 spiro atoms. The highest BCUT2D eigenvalue weighted by molar-refractivity contribution is 5.42. The van der Waals surface area contributed by atoms with Crippen LogP contribution in [-0.4, -0.2) is 37.6 Å². The van der Waals surface area contributed by atoms with Crippen LogP contribution in [0.3, 0.4) is 0 Å². The second kappa shape index (κ2) is 7.02. The number of hydrogen-bond donors (Lipinski definition) is 0. The fourth-order valence-electron chi connectivity index (χ4n) is 3.40. The summed E-state index contributed by atoms with van der Waals surface area (Å²) in [7, 11) is 0. The van der Waals surface area contributed by atoms with Gasteiger partial charge in [0.2, 0.25) is 0 Å². The Morgan fingerprint density at radius 3 is 2.38 bits per heavy atom. The molecular formula is C19H19F3N6O. The van der Waals surface area contributed by atoms with Gasteiger partial charge in [-0.15, -0.1) is 5.10 Å². The lowest BCUT2D eigenvalue weighted by Crippen LogP contribution is -2.50. The highest BCUT2D eigenvalue weighted by atomic mass is 19.4. The van der Waals surface area contributed by atoms with E-state index in [-0.39, 0.29) is 11.5 Å². The topological polar surface area (TPSA) is 68.8 Å². The maximum atomic E-state index is 12.6. The number of pyridine rings is 1. The Kier molecular flexibility index (Phi) is 4.64. The molecule has 1 aliphatic rings. The van der Waals surface area contributed by atoms with Crippen molar-refractivity contribution in [3.8, 4) is 5.82 Å². The maximum absolute atomic E-state index is 12.6. The quantitative estimate of drug-likeness (QED) is 0.669. The summed E-state index contributed by atoms with van der Waals surface area (Å²) in [5, 5.41) is 8.80. The fraction of sp³-hybridized carbons (Fsp3) is 0.368. The Balaban J connectivity index is 1.43. The van der Waals surface area contributed by atoms with Crippen LogP contribution in [0.5, 0.6) is 0 Å². The zero-order valence-corrected chi connectivity index (χ0v) is 15.9. The molecule has 0 unspecified atom stereocenters. The van der Waals surface area contributed by atoms with Gasteiger partial charge in [-0.25, -0.2) is 14.3 Å². The number of hydrogen-bond acceptors (Lipinski definition) is 5. The van der Waals surface area contributed by atoms with Crippen LogP contribution >= 0.6 is 0 Å². The molecule has 3 aromatic heterocycles. The van der Waals surface area contributed by atoms with Gasteiger partial charge in [0.1, 0.15) is 5.82 Å². The normalized spacial score (nSPS) is 14.9. The highest BCUT2D eigenvalue weighted by Gasteiger charge is 2.32. The van der Waals surface area contributed by atoms with Crippen LogP contribution in [0, 0.1) is 19.8 Å². The van der Waals surface area contributed by atoms with Gasteiger partial charge < -0.3 is 4.90 Å². The van der Waals surface area contributed by atoms with Crippen molar-refractivity contribution in [1.29, 1.82) is 0 Å². The second-order valence-corrected chi connectivity index (χ2v) is 7.22. The second-order valence-electron chi connectivity index (χ2n) is 7.22. The molecule has 0 aliphatic carbocycles. The van der Waals surface area contributed by atoms with Crippen molar-refractivity contribution in [1.82, 2.24) is 24.5 Å². The smallest absolute Gasteiger partial charge is 0.356 e. The summed E-state index contributed by atoms with van der Waals surface area (Å²) < 4.78 is 41.0. The molecule has 4 heterocycles. The Morgan fingerprint density at radius 2 is 1.79 bits per heavy atom. The van der Waals surface area contributed by atoms with Gasteiger partial charge in [-0.1, -0.05) is 0 Å². The summed E-state index contributed by atoms with van der Waals surface area (Å²) in [6.45, 7) is 5.41. The monoisotopic (exact) mass is 404 g/mol. The van der Waals surface area contributed by atoms with Crippen molar-refractivity contribution in [2.24, 2.45) is 5.92 Å². The molecule has 0 atom stereocenters. The zero-order valence-electron chi connectivity index (χ0n) is 15.9. The molecular weight excluding hydrogens is 385 g/mol. The molecule has 152 valence electrons. The summed E-state index contributed by atoms with van der Waals surface area (Å²) in [6.07, 6.45) is -3.56. The van der Waals surface area contributed by atoms with E-state index in [1.54, 1.807) is 10.7 Å². The maximum Gasteiger partial charge on any atom is 0.417 e. The van der Waals surface area contributed by atoms with E-state index in [1.807, 2.05) is 24.8 Å². The van der Waals surface area contributed by atoms with Gasteiger partial charge in [0.25, 0.3) is 5.56 Å². The minimum absolute atomic E-state index is 0.153. The van der Waals surface area contributed by atoms with E-state index in [0.29, 0.717) is 31.3 Å². The number of alkyl halides is 3. The third kappa shape index (κ3) is 3.87. The predicted octanol–water partition coefficient (Wildman–Crippen LogP) is 2.60. The van der Waals surface area contributed by atoms with Crippen molar-refractivity contribution in [2.45, 2.75) is 26.6 Å². The summed E-state index contributed by atoms with van der Waals surface area (Å²) >= 11 is 0. The van der Waals surface area contributed by atoms with Crippen LogP contribution < -0.4 is 10.5 Å². The summed E-state index contributed by atoms with van der Waals surface area (Å²) in [5.74, 6) is 1.21. The van der Waals surface area contributed by atoms with Crippen LogP contribution in [0.25, 0.3) is 5.82 Å². The van der Waals surface area contributed by atoms with Gasteiger partial charge in [0.05, 0.1) is 17.8 Å². The Hall–Kier alpha value is -3.17. The summed E-state index contributed by atoms with van der Waals surface area (Å²) in [6, 6.07) is 7.43. The van der Waals surface area contributed by atoms with Gasteiger partial charge in [-0.05, 0) is 38.1 Å². The fourth-order valence-corrected chi connectivity index (χ4v) is 3.40. The lowest BCUT2D eigenvalue weighted by Gasteiger charge is -2.40. The molecule has 0 aromatic carbocycles. The molecule has 0 N–H and O–H groups in total. The van der Waals surface area contributed by atoms with E-state index < -0.39 is 11.7 Å². The predicted molar refractivity (Wildman–Crippen MR) is 100 cm³/mol. The van der Waals surface area contributed by atoms with E-state index >= 15 is 0 Å². The van der Waals surface area contributed by atoms with Gasteiger partial charge in [0.15, 0.2) is 5.82 Å². The van der Waals surface area contributed by atoms with Crippen molar-refractivity contribution < 1.29 is 13.2 Å². The van der Waals surface area contributed by atoms with Crippen molar-refractivity contribution in [2.75, 3.05) is 18.0 Å². The molecule has 4 rings (SSSR count). The number of aryl methyl sites for hydroxylation is 2. The molecule has 1 aliphatic heterocycles. The third-order valence-corrected chi connectivity index (χ3v) is 4.87. The van der Waals surface area contributed by atoms with Crippen molar-refractivity contribution >= 4 is 5.82 Å². The Bertz CT molecular complexity index is 1080. The Morgan fingerprint density at radius 1 is 1.07 bits per heavy atom. The molecule has 0 saturated carbocycles. The molecule has 0 bridgehead atoms. The third-order valence-electron chi connectivity index (χ3n) is 4.87. The minimum atomic E-state index is -4.40. The molecule has 3 aromatic rings. The van der Waals surface area contributed by atoms with Crippen LogP contribution in [0.4, 0.5) is 19.0 Å².